The Labute approximate surface area is 160 Å². The second kappa shape index (κ2) is 11.6. The van der Waals surface area contributed by atoms with Crippen molar-refractivity contribution in [3.05, 3.63) is 33.8 Å². The van der Waals surface area contributed by atoms with Crippen molar-refractivity contribution in [3.8, 4) is 0 Å². The Morgan fingerprint density at radius 2 is 2.00 bits per heavy atom. The minimum Gasteiger partial charge on any atom is -0.381 e. The molecule has 0 bridgehead atoms. The van der Waals surface area contributed by atoms with E-state index in [0.717, 1.165) is 70.3 Å². The number of guanidine groups is 1. The lowest BCUT2D eigenvalue weighted by molar-refractivity contribution is 0.0888. The fourth-order valence-electron chi connectivity index (χ4n) is 2.65. The zero-order chi connectivity index (χ0) is 17.9. The summed E-state index contributed by atoms with van der Waals surface area (Å²) in [5, 5.41) is 7.90. The summed E-state index contributed by atoms with van der Waals surface area (Å²) in [7, 11) is 1.77. The molecule has 0 saturated carbocycles. The maximum Gasteiger partial charge on any atom is 0.190 e. The number of ether oxygens (including phenoxy) is 2. The van der Waals surface area contributed by atoms with Crippen molar-refractivity contribution in [1.82, 2.24) is 10.6 Å². The Hall–Kier alpha value is -1.01. The number of nitrogens with zero attached hydrogens (tertiary/aromatic N) is 1. The quantitative estimate of drug-likeness (QED) is 0.388. The normalized spacial score (nSPS) is 17.7. The van der Waals surface area contributed by atoms with Gasteiger partial charge >= 0.3 is 0 Å². The third-order valence-electron chi connectivity index (χ3n) is 3.99. The fraction of sp³-hybridized carbons (Fsp3) is 0.611. The Kier molecular flexibility index (Phi) is 9.40. The molecule has 1 atom stereocenters. The first-order chi connectivity index (χ1) is 12.2. The number of hydrogen-bond donors (Lipinski definition) is 2. The molecule has 140 valence electrons. The summed E-state index contributed by atoms with van der Waals surface area (Å²) in [5.74, 6) is 1.36. The van der Waals surface area contributed by atoms with Crippen LogP contribution in [0.3, 0.4) is 0 Å². The highest BCUT2D eigenvalue weighted by Gasteiger charge is 2.15. The van der Waals surface area contributed by atoms with Crippen LogP contribution in [0.1, 0.15) is 18.4 Å². The zero-order valence-electron chi connectivity index (χ0n) is 14.7. The second-order valence-electron chi connectivity index (χ2n) is 6.11. The van der Waals surface area contributed by atoms with Gasteiger partial charge in [-0.2, -0.15) is 0 Å². The summed E-state index contributed by atoms with van der Waals surface area (Å²) in [5.41, 5.74) is 1.10. The Bertz CT molecular complexity index is 529. The standard InChI is InChI=1S/C18H27Cl2N3O2/c1-21-18(22-5-2-7-24-12-15-4-8-25-13-15)23-6-3-14-9-16(19)11-17(20)10-14/h9-11,15H,2-8,12-13H2,1H3,(H2,21,22,23). The van der Waals surface area contributed by atoms with Crippen LogP contribution in [0.5, 0.6) is 0 Å². The molecule has 1 aliphatic heterocycles. The maximum absolute atomic E-state index is 6.01. The molecule has 5 nitrogen and oxygen atoms in total. The van der Waals surface area contributed by atoms with Gasteiger partial charge in [-0.3, -0.25) is 4.99 Å². The molecule has 1 aliphatic rings. The van der Waals surface area contributed by atoms with Crippen molar-refractivity contribution in [2.45, 2.75) is 19.3 Å². The molecule has 1 aromatic rings. The molecule has 7 heteroatoms. The van der Waals surface area contributed by atoms with Gasteiger partial charge in [-0.25, -0.2) is 0 Å². The monoisotopic (exact) mass is 387 g/mol. The van der Waals surface area contributed by atoms with Gasteiger partial charge in [0.05, 0.1) is 13.2 Å². The highest BCUT2D eigenvalue weighted by Crippen LogP contribution is 2.19. The Morgan fingerprint density at radius 1 is 1.24 bits per heavy atom. The third kappa shape index (κ3) is 8.27. The van der Waals surface area contributed by atoms with Crippen molar-refractivity contribution < 1.29 is 9.47 Å². The molecule has 1 unspecified atom stereocenters. The van der Waals surface area contributed by atoms with Crippen molar-refractivity contribution in [1.29, 1.82) is 0 Å². The number of benzene rings is 1. The van der Waals surface area contributed by atoms with Crippen molar-refractivity contribution in [2.24, 2.45) is 10.9 Å². The van der Waals surface area contributed by atoms with E-state index < -0.39 is 0 Å². The van der Waals surface area contributed by atoms with E-state index in [4.69, 9.17) is 32.7 Å². The molecule has 0 spiro atoms. The fourth-order valence-corrected chi connectivity index (χ4v) is 3.22. The molecular weight excluding hydrogens is 361 g/mol. The molecule has 25 heavy (non-hydrogen) atoms. The van der Waals surface area contributed by atoms with Gasteiger partial charge in [0.25, 0.3) is 0 Å². The molecule has 1 fully saturated rings. The highest BCUT2D eigenvalue weighted by atomic mass is 35.5. The SMILES string of the molecule is CN=C(NCCCOCC1CCOC1)NCCc1cc(Cl)cc(Cl)c1. The van der Waals surface area contributed by atoms with Crippen molar-refractivity contribution >= 4 is 29.2 Å². The molecule has 1 heterocycles. The first kappa shape index (κ1) is 20.3. The minimum atomic E-state index is 0.572. The van der Waals surface area contributed by atoms with Crippen LogP contribution in [0.25, 0.3) is 0 Å². The number of hydrogen-bond acceptors (Lipinski definition) is 3. The van der Waals surface area contributed by atoms with Gasteiger partial charge in [0, 0.05) is 49.3 Å². The molecule has 2 N–H and O–H groups in total. The molecule has 0 aliphatic carbocycles. The first-order valence-corrected chi connectivity index (χ1v) is 9.48. The summed E-state index contributed by atoms with van der Waals surface area (Å²) in [6.07, 6.45) is 2.89. The molecule has 1 aromatic carbocycles. The predicted octanol–water partition coefficient (Wildman–Crippen LogP) is 3.14. The van der Waals surface area contributed by atoms with E-state index in [1.165, 1.54) is 0 Å². The number of halogens is 2. The highest BCUT2D eigenvalue weighted by molar-refractivity contribution is 6.34. The van der Waals surface area contributed by atoms with Crippen LogP contribution < -0.4 is 10.6 Å². The van der Waals surface area contributed by atoms with Crippen LogP contribution in [-0.4, -0.2) is 52.5 Å². The maximum atomic E-state index is 6.01. The van der Waals surface area contributed by atoms with Crippen LogP contribution in [0.4, 0.5) is 0 Å². The third-order valence-corrected chi connectivity index (χ3v) is 4.42. The molecule has 0 amide bonds. The summed E-state index contributed by atoms with van der Waals surface area (Å²) in [4.78, 5) is 4.22. The summed E-state index contributed by atoms with van der Waals surface area (Å²) in [6.45, 7) is 4.85. The first-order valence-electron chi connectivity index (χ1n) is 8.72. The number of aliphatic imine (C=N–C) groups is 1. The average molecular weight is 388 g/mol. The predicted molar refractivity (Wildman–Crippen MR) is 104 cm³/mol. The van der Waals surface area contributed by atoms with E-state index in [-0.39, 0.29) is 0 Å². The lowest BCUT2D eigenvalue weighted by atomic mass is 10.1. The Morgan fingerprint density at radius 3 is 2.68 bits per heavy atom. The van der Waals surface area contributed by atoms with Gasteiger partial charge < -0.3 is 20.1 Å². The summed E-state index contributed by atoms with van der Waals surface area (Å²) < 4.78 is 11.0. The lowest BCUT2D eigenvalue weighted by Gasteiger charge is -2.13. The van der Waals surface area contributed by atoms with Crippen LogP contribution >= 0.6 is 23.2 Å². The lowest BCUT2D eigenvalue weighted by Crippen LogP contribution is -2.39. The zero-order valence-corrected chi connectivity index (χ0v) is 16.2. The van der Waals surface area contributed by atoms with Crippen LogP contribution in [0.15, 0.2) is 23.2 Å². The van der Waals surface area contributed by atoms with Gasteiger partial charge in [0.2, 0.25) is 0 Å². The smallest absolute Gasteiger partial charge is 0.190 e. The van der Waals surface area contributed by atoms with Gasteiger partial charge in [-0.1, -0.05) is 23.2 Å². The molecule has 0 radical (unpaired) electrons. The van der Waals surface area contributed by atoms with Crippen molar-refractivity contribution in [3.63, 3.8) is 0 Å². The molecule has 0 aromatic heterocycles. The average Bonchev–Trinajstić information content (AvgIpc) is 3.08. The Balaban J connectivity index is 1.54. The molecule has 2 rings (SSSR count). The largest absolute Gasteiger partial charge is 0.381 e. The van der Waals surface area contributed by atoms with E-state index in [0.29, 0.717) is 16.0 Å². The minimum absolute atomic E-state index is 0.572. The van der Waals surface area contributed by atoms with Crippen LogP contribution in [0.2, 0.25) is 10.0 Å². The molecule has 1 saturated heterocycles. The van der Waals surface area contributed by atoms with E-state index in [9.17, 15) is 0 Å². The van der Waals surface area contributed by atoms with Crippen LogP contribution in [-0.2, 0) is 15.9 Å². The second-order valence-corrected chi connectivity index (χ2v) is 6.98. The van der Waals surface area contributed by atoms with Crippen LogP contribution in [0, 0.1) is 5.92 Å². The summed E-state index contributed by atoms with van der Waals surface area (Å²) >= 11 is 12.0. The van der Waals surface area contributed by atoms with Gasteiger partial charge in [-0.15, -0.1) is 0 Å². The summed E-state index contributed by atoms with van der Waals surface area (Å²) in [6, 6.07) is 5.60. The van der Waals surface area contributed by atoms with E-state index in [1.807, 2.05) is 12.1 Å². The van der Waals surface area contributed by atoms with E-state index >= 15 is 0 Å². The van der Waals surface area contributed by atoms with Gasteiger partial charge in [0.1, 0.15) is 0 Å². The van der Waals surface area contributed by atoms with E-state index in [1.54, 1.807) is 13.1 Å². The molecular formula is C18H27Cl2N3O2. The van der Waals surface area contributed by atoms with Crippen molar-refractivity contribution in [2.75, 3.05) is 46.6 Å². The number of rotatable bonds is 9. The van der Waals surface area contributed by atoms with Gasteiger partial charge in [-0.05, 0) is 43.0 Å². The topological polar surface area (TPSA) is 54.9 Å². The van der Waals surface area contributed by atoms with Gasteiger partial charge in [0.15, 0.2) is 5.96 Å². The van der Waals surface area contributed by atoms with E-state index in [2.05, 4.69) is 15.6 Å². The number of nitrogens with one attached hydrogen (secondary N) is 2.